The fourth-order valence-corrected chi connectivity index (χ4v) is 1.83. The molecule has 0 aliphatic carbocycles. The van der Waals surface area contributed by atoms with E-state index in [4.69, 9.17) is 5.73 Å². The van der Waals surface area contributed by atoms with Crippen LogP contribution >= 0.6 is 0 Å². The third-order valence-electron chi connectivity index (χ3n) is 3.09. The summed E-state index contributed by atoms with van der Waals surface area (Å²) in [6.45, 7) is 2.60. The summed E-state index contributed by atoms with van der Waals surface area (Å²) in [6, 6.07) is 0.191. The maximum atomic E-state index is 12.1. The Morgan fingerprint density at radius 1 is 1.50 bits per heavy atom. The van der Waals surface area contributed by atoms with Gasteiger partial charge in [-0.1, -0.05) is 12.1 Å². The van der Waals surface area contributed by atoms with Crippen LogP contribution in [0.25, 0.3) is 11.0 Å². The third-order valence-corrected chi connectivity index (χ3v) is 3.09. The average molecular weight is 250 g/mol. The summed E-state index contributed by atoms with van der Waals surface area (Å²) in [5.74, 6) is 0. The molecule has 2 rings (SSSR count). The van der Waals surface area contributed by atoms with Gasteiger partial charge in [0.1, 0.15) is 5.39 Å². The van der Waals surface area contributed by atoms with E-state index in [1.807, 2.05) is 0 Å². The highest BCUT2D eigenvalue weighted by atomic mass is 16.1. The zero-order valence-electron chi connectivity index (χ0n) is 10.7. The topological polar surface area (TPSA) is 91.6 Å². The normalized spacial score (nSPS) is 13.1. The lowest BCUT2D eigenvalue weighted by Gasteiger charge is -2.08. The standard InChI is InChI=1S/C11H18N6O/c1-3-8(12)5-4-6-17-11(18)9-7-13-16(2)10(9)14-15-17/h7-8H,3-6,12H2,1-2H3. The monoisotopic (exact) mass is 250 g/mol. The first-order valence-corrected chi connectivity index (χ1v) is 6.14. The summed E-state index contributed by atoms with van der Waals surface area (Å²) < 4.78 is 2.92. The van der Waals surface area contributed by atoms with Crippen LogP contribution in [0, 0.1) is 0 Å². The van der Waals surface area contributed by atoms with Crippen molar-refractivity contribution in [3.8, 4) is 0 Å². The van der Waals surface area contributed by atoms with Gasteiger partial charge in [0.2, 0.25) is 0 Å². The first kappa shape index (κ1) is 12.7. The highest BCUT2D eigenvalue weighted by molar-refractivity contribution is 5.72. The molecule has 2 aromatic heterocycles. The van der Waals surface area contributed by atoms with Crippen molar-refractivity contribution < 1.29 is 0 Å². The fraction of sp³-hybridized carbons (Fsp3) is 0.636. The van der Waals surface area contributed by atoms with Crippen LogP contribution in [0.15, 0.2) is 11.0 Å². The average Bonchev–Trinajstić information content (AvgIpc) is 2.74. The molecule has 0 radical (unpaired) electrons. The highest BCUT2D eigenvalue weighted by Gasteiger charge is 2.09. The first-order chi connectivity index (χ1) is 8.63. The highest BCUT2D eigenvalue weighted by Crippen LogP contribution is 2.03. The van der Waals surface area contributed by atoms with E-state index in [1.54, 1.807) is 11.7 Å². The minimum absolute atomic E-state index is 0.141. The maximum Gasteiger partial charge on any atom is 0.280 e. The number of rotatable bonds is 5. The Hall–Kier alpha value is -1.76. The van der Waals surface area contributed by atoms with Crippen molar-refractivity contribution in [1.29, 1.82) is 0 Å². The minimum Gasteiger partial charge on any atom is -0.328 e. The number of fused-ring (bicyclic) bond motifs is 1. The molecule has 1 unspecified atom stereocenters. The SMILES string of the molecule is CCC(N)CCCn1nnc2c(cnn2C)c1=O. The van der Waals surface area contributed by atoms with Gasteiger partial charge in [0.15, 0.2) is 5.65 Å². The third kappa shape index (κ3) is 2.40. The Morgan fingerprint density at radius 3 is 3.00 bits per heavy atom. The van der Waals surface area contributed by atoms with Gasteiger partial charge in [-0.2, -0.15) is 5.10 Å². The van der Waals surface area contributed by atoms with Crippen molar-refractivity contribution in [1.82, 2.24) is 24.8 Å². The summed E-state index contributed by atoms with van der Waals surface area (Å²) >= 11 is 0. The van der Waals surface area contributed by atoms with Gasteiger partial charge in [-0.05, 0) is 19.3 Å². The predicted octanol–water partition coefficient (Wildman–Crippen LogP) is 0.0425. The Bertz CT molecular complexity index is 587. The molecular formula is C11H18N6O. The zero-order valence-corrected chi connectivity index (χ0v) is 10.7. The van der Waals surface area contributed by atoms with E-state index in [9.17, 15) is 4.79 Å². The quantitative estimate of drug-likeness (QED) is 0.809. The molecule has 2 N–H and O–H groups in total. The Labute approximate surface area is 105 Å². The summed E-state index contributed by atoms with van der Waals surface area (Å²) in [5, 5.41) is 12.4. The first-order valence-electron chi connectivity index (χ1n) is 6.14. The van der Waals surface area contributed by atoms with Gasteiger partial charge >= 0.3 is 0 Å². The Morgan fingerprint density at radius 2 is 2.28 bits per heavy atom. The number of nitrogens with two attached hydrogens (primary N) is 1. The molecule has 0 amide bonds. The molecule has 0 saturated carbocycles. The van der Waals surface area contributed by atoms with Crippen LogP contribution < -0.4 is 11.3 Å². The van der Waals surface area contributed by atoms with Crippen molar-refractivity contribution in [2.24, 2.45) is 12.8 Å². The second kappa shape index (κ2) is 5.26. The van der Waals surface area contributed by atoms with Crippen LogP contribution in [0.1, 0.15) is 26.2 Å². The number of nitrogens with zero attached hydrogens (tertiary/aromatic N) is 5. The lowest BCUT2D eigenvalue weighted by molar-refractivity contribution is 0.475. The maximum absolute atomic E-state index is 12.1. The van der Waals surface area contributed by atoms with Crippen molar-refractivity contribution >= 4 is 11.0 Å². The van der Waals surface area contributed by atoms with E-state index in [0.29, 0.717) is 17.6 Å². The van der Waals surface area contributed by atoms with Crippen LogP contribution in [0.4, 0.5) is 0 Å². The van der Waals surface area contributed by atoms with Crippen LogP contribution in [0.2, 0.25) is 0 Å². The van der Waals surface area contributed by atoms with E-state index in [0.717, 1.165) is 19.3 Å². The largest absolute Gasteiger partial charge is 0.328 e. The molecule has 0 fully saturated rings. The molecule has 0 bridgehead atoms. The van der Waals surface area contributed by atoms with Crippen LogP contribution in [0.3, 0.4) is 0 Å². The van der Waals surface area contributed by atoms with E-state index in [2.05, 4.69) is 22.3 Å². The van der Waals surface area contributed by atoms with Crippen molar-refractivity contribution in [2.75, 3.05) is 0 Å². The molecule has 2 heterocycles. The molecule has 0 spiro atoms. The Kier molecular flexibility index (Phi) is 3.71. The van der Waals surface area contributed by atoms with Gasteiger partial charge in [-0.3, -0.25) is 4.79 Å². The lowest BCUT2D eigenvalue weighted by atomic mass is 10.1. The predicted molar refractivity (Wildman–Crippen MR) is 68.1 cm³/mol. The summed E-state index contributed by atoms with van der Waals surface area (Å²) in [4.78, 5) is 12.1. The summed E-state index contributed by atoms with van der Waals surface area (Å²) in [6.07, 6.45) is 4.19. The number of aryl methyl sites for hydroxylation is 2. The molecule has 7 nitrogen and oxygen atoms in total. The molecule has 1 atom stereocenters. The molecule has 98 valence electrons. The van der Waals surface area contributed by atoms with Crippen molar-refractivity contribution in [3.05, 3.63) is 16.6 Å². The second-order valence-electron chi connectivity index (χ2n) is 4.43. The molecule has 18 heavy (non-hydrogen) atoms. The summed E-state index contributed by atoms with van der Waals surface area (Å²) in [7, 11) is 1.74. The number of hydrogen-bond acceptors (Lipinski definition) is 5. The molecule has 0 aromatic carbocycles. The lowest BCUT2D eigenvalue weighted by Crippen LogP contribution is -2.26. The fourth-order valence-electron chi connectivity index (χ4n) is 1.83. The summed E-state index contributed by atoms with van der Waals surface area (Å²) in [5.41, 5.74) is 6.21. The molecular weight excluding hydrogens is 232 g/mol. The molecule has 7 heteroatoms. The minimum atomic E-state index is -0.141. The van der Waals surface area contributed by atoms with Gasteiger partial charge in [-0.15, -0.1) is 5.10 Å². The van der Waals surface area contributed by atoms with Gasteiger partial charge < -0.3 is 5.73 Å². The van der Waals surface area contributed by atoms with E-state index >= 15 is 0 Å². The number of aromatic nitrogens is 5. The van der Waals surface area contributed by atoms with Crippen LogP contribution in [-0.4, -0.2) is 30.8 Å². The zero-order chi connectivity index (χ0) is 13.1. The van der Waals surface area contributed by atoms with Gasteiger partial charge in [-0.25, -0.2) is 9.36 Å². The van der Waals surface area contributed by atoms with Gasteiger partial charge in [0.05, 0.1) is 6.20 Å². The van der Waals surface area contributed by atoms with E-state index in [-0.39, 0.29) is 11.6 Å². The molecule has 0 aliphatic rings. The van der Waals surface area contributed by atoms with Crippen LogP contribution in [0.5, 0.6) is 0 Å². The number of hydrogen-bond donors (Lipinski definition) is 1. The van der Waals surface area contributed by atoms with Crippen molar-refractivity contribution in [3.63, 3.8) is 0 Å². The molecule has 0 aliphatic heterocycles. The molecule has 0 saturated heterocycles. The molecule has 2 aromatic rings. The smallest absolute Gasteiger partial charge is 0.280 e. The van der Waals surface area contributed by atoms with Gasteiger partial charge in [0, 0.05) is 19.6 Å². The van der Waals surface area contributed by atoms with Gasteiger partial charge in [0.25, 0.3) is 5.56 Å². The Balaban J connectivity index is 2.15. The second-order valence-corrected chi connectivity index (χ2v) is 4.43. The van der Waals surface area contributed by atoms with E-state index in [1.165, 1.54) is 10.9 Å². The van der Waals surface area contributed by atoms with Crippen molar-refractivity contribution in [2.45, 2.75) is 38.8 Å². The van der Waals surface area contributed by atoms with Crippen LogP contribution in [-0.2, 0) is 13.6 Å². The van der Waals surface area contributed by atoms with E-state index < -0.39 is 0 Å².